The van der Waals surface area contributed by atoms with Crippen molar-refractivity contribution in [1.29, 1.82) is 0 Å². The second-order valence-corrected chi connectivity index (χ2v) is 5.52. The highest BCUT2D eigenvalue weighted by atomic mass is 16.4. The maximum Gasteiger partial charge on any atom is 0.307 e. The van der Waals surface area contributed by atoms with Gasteiger partial charge in [0, 0.05) is 18.3 Å². The van der Waals surface area contributed by atoms with Crippen molar-refractivity contribution in [2.45, 2.75) is 39.2 Å². The topological polar surface area (TPSA) is 84.2 Å². The molecule has 6 nitrogen and oxygen atoms in total. The average molecular weight is 279 g/mol. The number of nitrogens with zero attached hydrogens (tertiary/aromatic N) is 2. The van der Waals surface area contributed by atoms with Crippen LogP contribution >= 0.6 is 0 Å². The van der Waals surface area contributed by atoms with Gasteiger partial charge in [0.25, 0.3) is 0 Å². The largest absolute Gasteiger partial charge is 0.481 e. The van der Waals surface area contributed by atoms with Gasteiger partial charge in [-0.2, -0.15) is 5.10 Å². The molecule has 110 valence electrons. The zero-order valence-corrected chi connectivity index (χ0v) is 12.1. The van der Waals surface area contributed by atoms with Crippen molar-refractivity contribution < 1.29 is 14.7 Å². The molecule has 20 heavy (non-hydrogen) atoms. The predicted octanol–water partition coefficient (Wildman–Crippen LogP) is 1.41. The van der Waals surface area contributed by atoms with Crippen LogP contribution in [-0.2, 0) is 16.6 Å². The number of carbonyl (C=O) groups is 2. The Kier molecular flexibility index (Phi) is 4.11. The summed E-state index contributed by atoms with van der Waals surface area (Å²) in [7, 11) is 1.85. The lowest BCUT2D eigenvalue weighted by Crippen LogP contribution is -2.36. The van der Waals surface area contributed by atoms with Crippen LogP contribution in [0.1, 0.15) is 43.5 Å². The van der Waals surface area contributed by atoms with Crippen molar-refractivity contribution >= 4 is 11.9 Å². The molecule has 0 aliphatic heterocycles. The Hall–Kier alpha value is -1.85. The number of carboxylic acids is 1. The number of aliphatic carboxylic acids is 1. The summed E-state index contributed by atoms with van der Waals surface area (Å²) in [6.07, 6.45) is 3.79. The third-order valence-corrected chi connectivity index (χ3v) is 4.27. The van der Waals surface area contributed by atoms with Gasteiger partial charge in [0.2, 0.25) is 5.91 Å². The zero-order valence-electron chi connectivity index (χ0n) is 12.1. The number of nitrogens with one attached hydrogen (secondary N) is 1. The van der Waals surface area contributed by atoms with Crippen LogP contribution in [0, 0.1) is 18.8 Å². The fourth-order valence-corrected chi connectivity index (χ4v) is 2.91. The summed E-state index contributed by atoms with van der Waals surface area (Å²) in [5.74, 6) is -1.98. The van der Waals surface area contributed by atoms with E-state index < -0.39 is 17.8 Å². The van der Waals surface area contributed by atoms with Crippen LogP contribution in [0.25, 0.3) is 0 Å². The van der Waals surface area contributed by atoms with Crippen LogP contribution in [0.4, 0.5) is 0 Å². The van der Waals surface area contributed by atoms with Gasteiger partial charge >= 0.3 is 5.97 Å². The Balaban J connectivity index is 2.04. The quantitative estimate of drug-likeness (QED) is 0.872. The number of hydrogen-bond donors (Lipinski definition) is 2. The van der Waals surface area contributed by atoms with E-state index in [-0.39, 0.29) is 11.9 Å². The Morgan fingerprint density at radius 3 is 2.65 bits per heavy atom. The monoisotopic (exact) mass is 279 g/mol. The van der Waals surface area contributed by atoms with E-state index >= 15 is 0 Å². The van der Waals surface area contributed by atoms with Crippen molar-refractivity contribution in [2.24, 2.45) is 18.9 Å². The van der Waals surface area contributed by atoms with Crippen LogP contribution < -0.4 is 5.32 Å². The first-order valence-electron chi connectivity index (χ1n) is 6.93. The first-order valence-corrected chi connectivity index (χ1v) is 6.93. The van der Waals surface area contributed by atoms with Gasteiger partial charge in [-0.05, 0) is 26.7 Å². The van der Waals surface area contributed by atoms with E-state index in [0.717, 1.165) is 17.7 Å². The molecule has 0 aromatic carbocycles. The summed E-state index contributed by atoms with van der Waals surface area (Å²) >= 11 is 0. The molecule has 1 aromatic heterocycles. The second kappa shape index (κ2) is 5.64. The lowest BCUT2D eigenvalue weighted by molar-refractivity contribution is -0.146. The van der Waals surface area contributed by atoms with E-state index in [9.17, 15) is 9.59 Å². The van der Waals surface area contributed by atoms with Crippen LogP contribution in [0.5, 0.6) is 0 Å². The number of hydrogen-bond acceptors (Lipinski definition) is 3. The van der Waals surface area contributed by atoms with Crippen molar-refractivity contribution in [3.63, 3.8) is 0 Å². The molecule has 0 radical (unpaired) electrons. The van der Waals surface area contributed by atoms with E-state index in [2.05, 4.69) is 10.4 Å². The SMILES string of the molecule is Cc1c(C(C)NC(=O)C2CCCC2C(=O)O)cnn1C. The summed E-state index contributed by atoms with van der Waals surface area (Å²) in [5, 5.41) is 16.2. The minimum absolute atomic E-state index is 0.161. The Labute approximate surface area is 118 Å². The third kappa shape index (κ3) is 2.69. The van der Waals surface area contributed by atoms with Crippen molar-refractivity contribution in [3.05, 3.63) is 17.5 Å². The number of carboxylic acid groups (broad SMARTS) is 1. The lowest BCUT2D eigenvalue weighted by Gasteiger charge is -2.19. The van der Waals surface area contributed by atoms with Crippen LogP contribution in [0.2, 0.25) is 0 Å². The highest BCUT2D eigenvalue weighted by Gasteiger charge is 2.38. The van der Waals surface area contributed by atoms with E-state index in [1.54, 1.807) is 10.9 Å². The summed E-state index contributed by atoms with van der Waals surface area (Å²) in [5.41, 5.74) is 1.96. The summed E-state index contributed by atoms with van der Waals surface area (Å²) < 4.78 is 1.76. The molecule has 3 unspecified atom stereocenters. The van der Waals surface area contributed by atoms with Gasteiger partial charge in [-0.3, -0.25) is 14.3 Å². The highest BCUT2D eigenvalue weighted by Crippen LogP contribution is 2.32. The molecule has 1 aromatic rings. The minimum atomic E-state index is -0.868. The smallest absolute Gasteiger partial charge is 0.307 e. The Morgan fingerprint density at radius 1 is 1.45 bits per heavy atom. The number of carbonyl (C=O) groups excluding carboxylic acids is 1. The molecule has 2 N–H and O–H groups in total. The number of amides is 1. The van der Waals surface area contributed by atoms with Gasteiger partial charge in [0.05, 0.1) is 24.1 Å². The van der Waals surface area contributed by atoms with Crippen LogP contribution in [0.15, 0.2) is 6.20 Å². The summed E-state index contributed by atoms with van der Waals surface area (Å²) in [6, 6.07) is -0.161. The number of rotatable bonds is 4. The molecule has 0 saturated heterocycles. The van der Waals surface area contributed by atoms with Gasteiger partial charge in [0.15, 0.2) is 0 Å². The van der Waals surface area contributed by atoms with E-state index in [1.807, 2.05) is 20.9 Å². The molecule has 1 aliphatic carbocycles. The van der Waals surface area contributed by atoms with Crippen LogP contribution in [0.3, 0.4) is 0 Å². The highest BCUT2D eigenvalue weighted by molar-refractivity contribution is 5.85. The normalized spacial score (nSPS) is 23.6. The van der Waals surface area contributed by atoms with E-state index in [0.29, 0.717) is 12.8 Å². The molecule has 2 rings (SSSR count). The molecule has 1 heterocycles. The molecule has 1 fully saturated rings. The number of aromatic nitrogens is 2. The fourth-order valence-electron chi connectivity index (χ4n) is 2.91. The molecular weight excluding hydrogens is 258 g/mol. The standard InChI is InChI=1S/C14H21N3O3/c1-8(12-7-15-17(3)9(12)2)16-13(18)10-5-4-6-11(10)14(19)20/h7-8,10-11H,4-6H2,1-3H3,(H,16,18)(H,19,20). The Bertz CT molecular complexity index is 524. The molecule has 6 heteroatoms. The third-order valence-electron chi connectivity index (χ3n) is 4.27. The average Bonchev–Trinajstić information content (AvgIpc) is 2.98. The zero-order chi connectivity index (χ0) is 14.9. The van der Waals surface area contributed by atoms with Gasteiger partial charge in [-0.25, -0.2) is 0 Å². The summed E-state index contributed by atoms with van der Waals surface area (Å²) in [4.78, 5) is 23.4. The second-order valence-electron chi connectivity index (χ2n) is 5.52. The van der Waals surface area contributed by atoms with Gasteiger partial charge in [-0.1, -0.05) is 6.42 Å². The summed E-state index contributed by atoms with van der Waals surface area (Å²) in [6.45, 7) is 3.84. The predicted molar refractivity (Wildman–Crippen MR) is 73.0 cm³/mol. The molecule has 0 bridgehead atoms. The van der Waals surface area contributed by atoms with Gasteiger partial charge in [0.1, 0.15) is 0 Å². The van der Waals surface area contributed by atoms with Crippen molar-refractivity contribution in [1.82, 2.24) is 15.1 Å². The molecule has 3 atom stereocenters. The lowest BCUT2D eigenvalue weighted by atomic mass is 9.95. The van der Waals surface area contributed by atoms with Gasteiger partial charge in [-0.15, -0.1) is 0 Å². The fraction of sp³-hybridized carbons (Fsp3) is 0.643. The van der Waals surface area contributed by atoms with Crippen LogP contribution in [-0.4, -0.2) is 26.8 Å². The first-order chi connectivity index (χ1) is 9.41. The van der Waals surface area contributed by atoms with Crippen molar-refractivity contribution in [2.75, 3.05) is 0 Å². The molecular formula is C14H21N3O3. The molecule has 1 aliphatic rings. The maximum atomic E-state index is 12.3. The Morgan fingerprint density at radius 2 is 2.10 bits per heavy atom. The number of aryl methyl sites for hydroxylation is 1. The van der Waals surface area contributed by atoms with Crippen molar-refractivity contribution in [3.8, 4) is 0 Å². The molecule has 1 saturated carbocycles. The van der Waals surface area contributed by atoms with Gasteiger partial charge < -0.3 is 10.4 Å². The first kappa shape index (κ1) is 14.6. The minimum Gasteiger partial charge on any atom is -0.481 e. The maximum absolute atomic E-state index is 12.3. The van der Waals surface area contributed by atoms with E-state index in [1.165, 1.54) is 0 Å². The molecule has 1 amide bonds. The van der Waals surface area contributed by atoms with E-state index in [4.69, 9.17) is 5.11 Å². The molecule has 0 spiro atoms.